The Bertz CT molecular complexity index is 820. The lowest BCUT2D eigenvalue weighted by Crippen LogP contribution is -2.50. The number of hydrogen-bond acceptors (Lipinski definition) is 5. The molecule has 7 nitrogen and oxygen atoms in total. The predicted octanol–water partition coefficient (Wildman–Crippen LogP) is 3.41. The van der Waals surface area contributed by atoms with Gasteiger partial charge in [0.2, 0.25) is 0 Å². The smallest absolute Gasteiger partial charge is 0.289 e. The van der Waals surface area contributed by atoms with Crippen molar-refractivity contribution in [3.63, 3.8) is 0 Å². The van der Waals surface area contributed by atoms with Gasteiger partial charge >= 0.3 is 0 Å². The van der Waals surface area contributed by atoms with Gasteiger partial charge in [-0.1, -0.05) is 25.7 Å². The molecular weight excluding hydrogens is 368 g/mol. The number of piperazine rings is 1. The Labute approximate surface area is 171 Å². The molecule has 1 aliphatic heterocycles. The number of rotatable bonds is 4. The Balaban J connectivity index is 1.34. The summed E-state index contributed by atoms with van der Waals surface area (Å²) in [6, 6.07) is 7.43. The predicted molar refractivity (Wildman–Crippen MR) is 110 cm³/mol. The molecule has 3 heterocycles. The van der Waals surface area contributed by atoms with Crippen LogP contribution in [-0.2, 0) is 0 Å². The fourth-order valence-corrected chi connectivity index (χ4v) is 4.13. The van der Waals surface area contributed by atoms with Gasteiger partial charge in [0.1, 0.15) is 5.82 Å². The first-order valence-corrected chi connectivity index (χ1v) is 10.6. The number of carbonyl (C=O) groups excluding carboxylic acids is 2. The Morgan fingerprint density at radius 1 is 0.966 bits per heavy atom. The van der Waals surface area contributed by atoms with Crippen molar-refractivity contribution in [1.29, 1.82) is 0 Å². The van der Waals surface area contributed by atoms with Crippen molar-refractivity contribution < 1.29 is 14.0 Å². The first-order chi connectivity index (χ1) is 14.2. The minimum atomic E-state index is -0.124. The lowest BCUT2D eigenvalue weighted by Gasteiger charge is -2.34. The molecule has 1 saturated carbocycles. The molecule has 1 aliphatic carbocycles. The third-order valence-corrected chi connectivity index (χ3v) is 5.80. The van der Waals surface area contributed by atoms with Crippen LogP contribution in [0.3, 0.4) is 0 Å². The molecule has 4 rings (SSSR count). The maximum Gasteiger partial charge on any atom is 0.289 e. The summed E-state index contributed by atoms with van der Waals surface area (Å²) in [7, 11) is 0. The topological polar surface area (TPSA) is 78.7 Å². The van der Waals surface area contributed by atoms with E-state index in [1.165, 1.54) is 31.9 Å². The van der Waals surface area contributed by atoms with Crippen LogP contribution in [0.1, 0.15) is 59.4 Å². The van der Waals surface area contributed by atoms with Crippen LogP contribution in [0.25, 0.3) is 0 Å². The van der Waals surface area contributed by atoms with Gasteiger partial charge in [-0.2, -0.15) is 0 Å². The van der Waals surface area contributed by atoms with E-state index in [-0.39, 0.29) is 11.8 Å². The van der Waals surface area contributed by atoms with Gasteiger partial charge in [0.05, 0.1) is 6.26 Å². The Morgan fingerprint density at radius 2 is 1.66 bits per heavy atom. The molecule has 2 fully saturated rings. The van der Waals surface area contributed by atoms with Crippen molar-refractivity contribution >= 4 is 17.6 Å². The molecule has 1 saturated heterocycles. The summed E-state index contributed by atoms with van der Waals surface area (Å²) in [6.45, 7) is 2.03. The number of nitrogens with zero attached hydrogens (tertiary/aromatic N) is 3. The second-order valence-electron chi connectivity index (χ2n) is 7.82. The van der Waals surface area contributed by atoms with E-state index in [2.05, 4.69) is 10.3 Å². The Hall–Kier alpha value is -2.83. The minimum absolute atomic E-state index is 0.0126. The molecule has 0 radical (unpaired) electrons. The van der Waals surface area contributed by atoms with Gasteiger partial charge in [-0.25, -0.2) is 4.98 Å². The molecule has 0 bridgehead atoms. The Kier molecular flexibility index (Phi) is 6.12. The molecule has 1 N–H and O–H groups in total. The van der Waals surface area contributed by atoms with Gasteiger partial charge in [0.15, 0.2) is 5.76 Å². The van der Waals surface area contributed by atoms with Crippen LogP contribution in [0.4, 0.5) is 5.82 Å². The lowest BCUT2D eigenvalue weighted by atomic mass is 10.1. The highest BCUT2D eigenvalue weighted by Crippen LogP contribution is 2.21. The van der Waals surface area contributed by atoms with Gasteiger partial charge in [0, 0.05) is 44.0 Å². The highest BCUT2D eigenvalue weighted by atomic mass is 16.3. The SMILES string of the molecule is O=C(c1ccnc(NC2CCCCCC2)c1)N1CCN(C(=O)c2ccco2)CC1. The average molecular weight is 396 g/mol. The van der Waals surface area contributed by atoms with Crippen LogP contribution in [-0.4, -0.2) is 58.8 Å². The van der Waals surface area contributed by atoms with Crippen LogP contribution in [0.5, 0.6) is 0 Å². The summed E-state index contributed by atoms with van der Waals surface area (Å²) < 4.78 is 5.19. The van der Waals surface area contributed by atoms with E-state index in [9.17, 15) is 9.59 Å². The van der Waals surface area contributed by atoms with Crippen molar-refractivity contribution in [1.82, 2.24) is 14.8 Å². The zero-order chi connectivity index (χ0) is 20.1. The molecular formula is C22H28N4O3. The van der Waals surface area contributed by atoms with Crippen molar-refractivity contribution in [2.75, 3.05) is 31.5 Å². The standard InChI is InChI=1S/C22H28N4O3/c27-21(25-11-13-26(14-12-25)22(28)19-8-5-15-29-19)17-9-10-23-20(16-17)24-18-6-3-1-2-4-7-18/h5,8-10,15-16,18H,1-4,6-7,11-14H2,(H,23,24). The van der Waals surface area contributed by atoms with E-state index >= 15 is 0 Å². The van der Waals surface area contributed by atoms with Gasteiger partial charge < -0.3 is 19.5 Å². The summed E-state index contributed by atoms with van der Waals surface area (Å²) in [5, 5.41) is 3.51. The highest BCUT2D eigenvalue weighted by molar-refractivity contribution is 5.95. The number of nitrogens with one attached hydrogen (secondary N) is 1. The average Bonchev–Trinajstić information content (AvgIpc) is 3.18. The van der Waals surface area contributed by atoms with Gasteiger partial charge in [-0.3, -0.25) is 9.59 Å². The molecule has 2 amide bonds. The number of aromatic nitrogens is 1. The first kappa shape index (κ1) is 19.5. The van der Waals surface area contributed by atoms with E-state index in [1.807, 2.05) is 6.07 Å². The zero-order valence-corrected chi connectivity index (χ0v) is 16.7. The van der Waals surface area contributed by atoms with Crippen LogP contribution in [0, 0.1) is 0 Å². The molecule has 0 spiro atoms. The van der Waals surface area contributed by atoms with Crippen molar-refractivity contribution in [2.24, 2.45) is 0 Å². The van der Waals surface area contributed by atoms with Crippen LogP contribution >= 0.6 is 0 Å². The number of anilines is 1. The number of amides is 2. The van der Waals surface area contributed by atoms with Gasteiger partial charge in [-0.05, 0) is 37.1 Å². The first-order valence-electron chi connectivity index (χ1n) is 10.6. The zero-order valence-electron chi connectivity index (χ0n) is 16.7. The summed E-state index contributed by atoms with van der Waals surface area (Å²) in [5.74, 6) is 0.977. The molecule has 2 aromatic heterocycles. The lowest BCUT2D eigenvalue weighted by molar-refractivity contribution is 0.0518. The number of hydrogen-bond donors (Lipinski definition) is 1. The van der Waals surface area contributed by atoms with Crippen LogP contribution < -0.4 is 5.32 Å². The summed E-state index contributed by atoms with van der Waals surface area (Å²) >= 11 is 0. The van der Waals surface area contributed by atoms with E-state index in [0.717, 1.165) is 18.7 Å². The second kappa shape index (κ2) is 9.11. The number of furan rings is 1. The summed E-state index contributed by atoms with van der Waals surface area (Å²) in [4.78, 5) is 33.3. The molecule has 2 aromatic rings. The fourth-order valence-electron chi connectivity index (χ4n) is 4.13. The van der Waals surface area contributed by atoms with E-state index in [0.29, 0.717) is 43.5 Å². The molecule has 29 heavy (non-hydrogen) atoms. The molecule has 0 aromatic carbocycles. The number of carbonyl (C=O) groups is 2. The van der Waals surface area contributed by atoms with Crippen LogP contribution in [0.15, 0.2) is 41.1 Å². The van der Waals surface area contributed by atoms with E-state index in [1.54, 1.807) is 34.2 Å². The van der Waals surface area contributed by atoms with E-state index < -0.39 is 0 Å². The second-order valence-corrected chi connectivity index (χ2v) is 7.82. The Morgan fingerprint density at radius 3 is 2.31 bits per heavy atom. The van der Waals surface area contributed by atoms with Crippen molar-refractivity contribution in [3.8, 4) is 0 Å². The van der Waals surface area contributed by atoms with Gasteiger partial charge in [0.25, 0.3) is 11.8 Å². The fraction of sp³-hybridized carbons (Fsp3) is 0.500. The molecule has 2 aliphatic rings. The minimum Gasteiger partial charge on any atom is -0.459 e. The largest absolute Gasteiger partial charge is 0.459 e. The van der Waals surface area contributed by atoms with Crippen LogP contribution in [0.2, 0.25) is 0 Å². The van der Waals surface area contributed by atoms with Crippen molar-refractivity contribution in [2.45, 2.75) is 44.6 Å². The molecule has 154 valence electrons. The third-order valence-electron chi connectivity index (χ3n) is 5.80. The van der Waals surface area contributed by atoms with Crippen molar-refractivity contribution in [3.05, 3.63) is 48.0 Å². The molecule has 0 atom stereocenters. The maximum atomic E-state index is 13.0. The van der Waals surface area contributed by atoms with E-state index in [4.69, 9.17) is 4.42 Å². The highest BCUT2D eigenvalue weighted by Gasteiger charge is 2.27. The quantitative estimate of drug-likeness (QED) is 0.802. The monoisotopic (exact) mass is 396 g/mol. The van der Waals surface area contributed by atoms with Gasteiger partial charge in [-0.15, -0.1) is 0 Å². The third kappa shape index (κ3) is 4.78. The molecule has 7 heteroatoms. The summed E-state index contributed by atoms with van der Waals surface area (Å²) in [6.07, 6.45) is 10.6. The summed E-state index contributed by atoms with van der Waals surface area (Å²) in [5.41, 5.74) is 0.641. The number of pyridine rings is 1. The normalized spacial score (nSPS) is 18.3. The maximum absolute atomic E-state index is 13.0. The molecule has 0 unspecified atom stereocenters.